The molecule has 1 aliphatic carbocycles. The third kappa shape index (κ3) is 2.94. The maximum atomic E-state index is 5.02. The first-order valence-corrected chi connectivity index (χ1v) is 8.62. The molecule has 2 aromatic carbocycles. The van der Waals surface area contributed by atoms with Gasteiger partial charge in [-0.25, -0.2) is 4.98 Å². The molecule has 1 aromatic heterocycles. The average Bonchev–Trinajstić information content (AvgIpc) is 3.09. The monoisotopic (exact) mass is 302 g/mol. The van der Waals surface area contributed by atoms with Gasteiger partial charge in [-0.05, 0) is 12.8 Å². The fourth-order valence-electron chi connectivity index (χ4n) is 3.58. The Bertz CT molecular complexity index is 696. The van der Waals surface area contributed by atoms with E-state index in [0.717, 1.165) is 11.4 Å². The zero-order valence-corrected chi connectivity index (χ0v) is 13.3. The number of hydrogen-bond acceptors (Lipinski definition) is 1. The highest BCUT2D eigenvalue weighted by atomic mass is 14.9. The number of nitrogens with zero attached hydrogens (tertiary/aromatic N) is 1. The van der Waals surface area contributed by atoms with Gasteiger partial charge < -0.3 is 4.98 Å². The highest BCUT2D eigenvalue weighted by Gasteiger charge is 2.21. The van der Waals surface area contributed by atoms with E-state index in [2.05, 4.69) is 65.6 Å². The van der Waals surface area contributed by atoms with E-state index in [0.29, 0.717) is 5.92 Å². The van der Waals surface area contributed by atoms with Crippen molar-refractivity contribution in [3.63, 3.8) is 0 Å². The molecule has 0 aliphatic heterocycles. The fourth-order valence-corrected chi connectivity index (χ4v) is 3.58. The smallest absolute Gasteiger partial charge is 0.110 e. The Hall–Kier alpha value is -2.35. The summed E-state index contributed by atoms with van der Waals surface area (Å²) < 4.78 is 0. The number of hydrogen-bond donors (Lipinski definition) is 1. The summed E-state index contributed by atoms with van der Waals surface area (Å²) in [5.41, 5.74) is 4.63. The molecule has 0 saturated heterocycles. The molecule has 0 atom stereocenters. The maximum Gasteiger partial charge on any atom is 0.110 e. The van der Waals surface area contributed by atoms with Crippen molar-refractivity contribution in [2.75, 3.05) is 0 Å². The molecule has 23 heavy (non-hydrogen) atoms. The van der Waals surface area contributed by atoms with Crippen LogP contribution < -0.4 is 0 Å². The molecule has 0 bridgehead atoms. The summed E-state index contributed by atoms with van der Waals surface area (Å²) in [6.45, 7) is 0. The Balaban J connectivity index is 1.81. The van der Waals surface area contributed by atoms with E-state index in [9.17, 15) is 0 Å². The van der Waals surface area contributed by atoms with Crippen LogP contribution in [0.5, 0.6) is 0 Å². The van der Waals surface area contributed by atoms with E-state index in [1.165, 1.54) is 49.1 Å². The molecule has 1 fully saturated rings. The lowest BCUT2D eigenvalue weighted by Crippen LogP contribution is -2.06. The first kappa shape index (κ1) is 14.3. The van der Waals surface area contributed by atoms with Crippen molar-refractivity contribution >= 4 is 0 Å². The molecule has 0 amide bonds. The second kappa shape index (κ2) is 6.41. The molecule has 1 N–H and O–H groups in total. The van der Waals surface area contributed by atoms with Crippen molar-refractivity contribution in [3.05, 3.63) is 66.5 Å². The number of H-pyrrole nitrogens is 1. The van der Waals surface area contributed by atoms with Crippen LogP contribution in [0.15, 0.2) is 60.7 Å². The van der Waals surface area contributed by atoms with Gasteiger partial charge in [0.15, 0.2) is 0 Å². The Kier molecular flexibility index (Phi) is 3.97. The van der Waals surface area contributed by atoms with Crippen LogP contribution in [0, 0.1) is 0 Å². The summed E-state index contributed by atoms with van der Waals surface area (Å²) in [7, 11) is 0. The van der Waals surface area contributed by atoms with Crippen LogP contribution in [0.2, 0.25) is 0 Å². The number of benzene rings is 2. The Morgan fingerprint density at radius 3 is 2.00 bits per heavy atom. The molecule has 1 aliphatic rings. The lowest BCUT2D eigenvalue weighted by molar-refractivity contribution is 0.431. The summed E-state index contributed by atoms with van der Waals surface area (Å²) in [6, 6.07) is 21.1. The summed E-state index contributed by atoms with van der Waals surface area (Å²) in [5.74, 6) is 1.76. The van der Waals surface area contributed by atoms with Gasteiger partial charge in [-0.1, -0.05) is 79.9 Å². The lowest BCUT2D eigenvalue weighted by atomic mass is 9.89. The Morgan fingerprint density at radius 2 is 1.35 bits per heavy atom. The molecule has 0 spiro atoms. The average molecular weight is 302 g/mol. The second-order valence-electron chi connectivity index (χ2n) is 6.41. The zero-order chi connectivity index (χ0) is 15.5. The van der Waals surface area contributed by atoms with Crippen molar-refractivity contribution < 1.29 is 0 Å². The van der Waals surface area contributed by atoms with E-state index >= 15 is 0 Å². The predicted molar refractivity (Wildman–Crippen MR) is 95.3 cm³/mol. The van der Waals surface area contributed by atoms with Crippen molar-refractivity contribution in [1.82, 2.24) is 9.97 Å². The molecule has 3 aromatic rings. The van der Waals surface area contributed by atoms with Gasteiger partial charge in [-0.15, -0.1) is 0 Å². The summed E-state index contributed by atoms with van der Waals surface area (Å²) in [4.78, 5) is 8.68. The van der Waals surface area contributed by atoms with Crippen LogP contribution in [0.25, 0.3) is 22.5 Å². The maximum absolute atomic E-state index is 5.02. The van der Waals surface area contributed by atoms with Gasteiger partial charge in [0.25, 0.3) is 0 Å². The Morgan fingerprint density at radius 1 is 0.739 bits per heavy atom. The SMILES string of the molecule is c1ccc(-c2nc(C3CCCCC3)[nH]c2-c2ccccc2)cc1. The van der Waals surface area contributed by atoms with Crippen molar-refractivity contribution in [2.45, 2.75) is 38.0 Å². The number of aromatic amines is 1. The van der Waals surface area contributed by atoms with Gasteiger partial charge in [0, 0.05) is 17.0 Å². The zero-order valence-electron chi connectivity index (χ0n) is 13.3. The predicted octanol–water partition coefficient (Wildman–Crippen LogP) is 5.79. The molecule has 0 radical (unpaired) electrons. The molecule has 2 nitrogen and oxygen atoms in total. The minimum Gasteiger partial charge on any atom is -0.341 e. The van der Waals surface area contributed by atoms with E-state index in [-0.39, 0.29) is 0 Å². The molecule has 1 heterocycles. The third-order valence-corrected chi connectivity index (χ3v) is 4.82. The molecular formula is C21H22N2. The standard InChI is InChI=1S/C21H22N2/c1-4-10-16(11-5-1)19-20(17-12-6-2-7-13-17)23-21(22-19)18-14-8-3-9-15-18/h1-2,4-7,10-13,18H,3,8-9,14-15H2,(H,22,23). The molecule has 0 unspecified atom stereocenters. The van der Waals surface area contributed by atoms with Crippen molar-refractivity contribution in [2.24, 2.45) is 0 Å². The topological polar surface area (TPSA) is 28.7 Å². The molecule has 2 heteroatoms. The van der Waals surface area contributed by atoms with Gasteiger partial charge in [0.2, 0.25) is 0 Å². The van der Waals surface area contributed by atoms with Gasteiger partial charge in [0.1, 0.15) is 5.82 Å². The van der Waals surface area contributed by atoms with E-state index < -0.39 is 0 Å². The fraction of sp³-hybridized carbons (Fsp3) is 0.286. The van der Waals surface area contributed by atoms with Gasteiger partial charge in [0.05, 0.1) is 11.4 Å². The summed E-state index contributed by atoms with van der Waals surface area (Å²) in [6.07, 6.45) is 6.54. The van der Waals surface area contributed by atoms with Gasteiger partial charge in [-0.3, -0.25) is 0 Å². The van der Waals surface area contributed by atoms with Crippen LogP contribution in [-0.2, 0) is 0 Å². The summed E-state index contributed by atoms with van der Waals surface area (Å²) >= 11 is 0. The van der Waals surface area contributed by atoms with Crippen LogP contribution in [0.1, 0.15) is 43.8 Å². The number of rotatable bonds is 3. The van der Waals surface area contributed by atoms with Crippen LogP contribution in [-0.4, -0.2) is 9.97 Å². The van der Waals surface area contributed by atoms with E-state index in [1.54, 1.807) is 0 Å². The van der Waals surface area contributed by atoms with E-state index in [4.69, 9.17) is 4.98 Å². The van der Waals surface area contributed by atoms with Crippen molar-refractivity contribution in [1.29, 1.82) is 0 Å². The second-order valence-corrected chi connectivity index (χ2v) is 6.41. The number of imidazole rings is 1. The molecule has 4 rings (SSSR count). The third-order valence-electron chi connectivity index (χ3n) is 4.82. The van der Waals surface area contributed by atoms with Crippen LogP contribution in [0.3, 0.4) is 0 Å². The molecular weight excluding hydrogens is 280 g/mol. The first-order chi connectivity index (χ1) is 11.4. The quantitative estimate of drug-likeness (QED) is 0.651. The van der Waals surface area contributed by atoms with Crippen LogP contribution in [0.4, 0.5) is 0 Å². The number of aromatic nitrogens is 2. The normalized spacial score (nSPS) is 15.7. The van der Waals surface area contributed by atoms with Crippen molar-refractivity contribution in [3.8, 4) is 22.5 Å². The lowest BCUT2D eigenvalue weighted by Gasteiger charge is -2.19. The highest BCUT2D eigenvalue weighted by molar-refractivity contribution is 5.78. The summed E-state index contributed by atoms with van der Waals surface area (Å²) in [5, 5.41) is 0. The van der Waals surface area contributed by atoms with Gasteiger partial charge >= 0.3 is 0 Å². The molecule has 1 saturated carbocycles. The Labute approximate surface area is 137 Å². The minimum absolute atomic E-state index is 0.587. The van der Waals surface area contributed by atoms with E-state index in [1.807, 2.05) is 0 Å². The largest absolute Gasteiger partial charge is 0.341 e. The highest BCUT2D eigenvalue weighted by Crippen LogP contribution is 2.36. The van der Waals surface area contributed by atoms with Gasteiger partial charge in [-0.2, -0.15) is 0 Å². The van der Waals surface area contributed by atoms with Crippen LogP contribution >= 0.6 is 0 Å². The molecule has 116 valence electrons. The minimum atomic E-state index is 0.587. The number of nitrogens with one attached hydrogen (secondary N) is 1. The first-order valence-electron chi connectivity index (χ1n) is 8.62.